The maximum absolute atomic E-state index is 13.2. The van der Waals surface area contributed by atoms with Gasteiger partial charge in [0.1, 0.15) is 0 Å². The molecule has 0 spiro atoms. The molecule has 3 aromatic rings. The van der Waals surface area contributed by atoms with Crippen molar-refractivity contribution < 1.29 is 4.79 Å². The van der Waals surface area contributed by atoms with Crippen molar-refractivity contribution in [2.45, 2.75) is 20.4 Å². The van der Waals surface area contributed by atoms with E-state index in [4.69, 9.17) is 17.3 Å². The highest BCUT2D eigenvalue weighted by Crippen LogP contribution is 2.40. The van der Waals surface area contributed by atoms with Gasteiger partial charge in [0, 0.05) is 27.7 Å². The molecule has 136 valence electrons. The predicted octanol–water partition coefficient (Wildman–Crippen LogP) is 4.95. The summed E-state index contributed by atoms with van der Waals surface area (Å²) in [5.74, 6) is -0.0304. The number of nitrogens with two attached hydrogens (primary N) is 1. The first-order valence-corrected chi connectivity index (χ1v) is 9.14. The molecular weight excluding hydrogens is 358 g/mol. The Morgan fingerprint density at radius 2 is 1.85 bits per heavy atom. The van der Waals surface area contributed by atoms with Crippen molar-refractivity contribution in [1.82, 2.24) is 4.98 Å². The van der Waals surface area contributed by atoms with Crippen molar-refractivity contribution in [3.05, 3.63) is 81.6 Å². The molecule has 3 N–H and O–H groups in total. The van der Waals surface area contributed by atoms with Gasteiger partial charge in [0.15, 0.2) is 0 Å². The Bertz CT molecular complexity index is 1060. The van der Waals surface area contributed by atoms with E-state index in [9.17, 15) is 4.79 Å². The fourth-order valence-corrected chi connectivity index (χ4v) is 3.61. The summed E-state index contributed by atoms with van der Waals surface area (Å²) in [6.45, 7) is 4.51. The highest BCUT2D eigenvalue weighted by atomic mass is 35.5. The molecule has 1 aromatic heterocycles. The maximum atomic E-state index is 13.2. The lowest BCUT2D eigenvalue weighted by molar-refractivity contribution is -0.113. The zero-order valence-electron chi connectivity index (χ0n) is 15.2. The third-order valence-corrected chi connectivity index (χ3v) is 5.06. The van der Waals surface area contributed by atoms with Crippen molar-refractivity contribution in [3.63, 3.8) is 0 Å². The Morgan fingerprint density at radius 3 is 2.52 bits per heavy atom. The molecule has 0 unspecified atom stereocenters. The number of nitrogens with one attached hydrogen (secondary N) is 1. The number of carbonyl (C=O) groups excluding carboxylic acids is 1. The summed E-state index contributed by atoms with van der Waals surface area (Å²) in [6.07, 6.45) is 1.92. The van der Waals surface area contributed by atoms with Gasteiger partial charge in [-0.15, -0.1) is 0 Å². The van der Waals surface area contributed by atoms with Gasteiger partial charge in [-0.05, 0) is 67.4 Å². The number of rotatable bonds is 3. The van der Waals surface area contributed by atoms with Crippen LogP contribution in [0.25, 0.3) is 11.6 Å². The van der Waals surface area contributed by atoms with Crippen molar-refractivity contribution in [3.8, 4) is 0 Å². The van der Waals surface area contributed by atoms with Crippen LogP contribution in [0.1, 0.15) is 28.1 Å². The normalized spacial score (nSPS) is 14.9. The first kappa shape index (κ1) is 17.4. The van der Waals surface area contributed by atoms with E-state index < -0.39 is 0 Å². The van der Waals surface area contributed by atoms with E-state index in [1.807, 2.05) is 62.4 Å². The lowest BCUT2D eigenvalue weighted by atomic mass is 10.0. The molecule has 1 aliphatic rings. The average molecular weight is 378 g/mol. The van der Waals surface area contributed by atoms with E-state index >= 15 is 0 Å². The third kappa shape index (κ3) is 3.24. The minimum atomic E-state index is -0.0304. The van der Waals surface area contributed by atoms with Gasteiger partial charge in [-0.25, -0.2) is 0 Å². The number of benzene rings is 2. The van der Waals surface area contributed by atoms with Gasteiger partial charge in [0.2, 0.25) is 0 Å². The number of aromatic amines is 1. The summed E-state index contributed by atoms with van der Waals surface area (Å²) in [6, 6.07) is 15.2. The molecule has 0 saturated heterocycles. The van der Waals surface area contributed by atoms with Crippen LogP contribution in [0.2, 0.25) is 5.02 Å². The molecule has 2 aromatic carbocycles. The second-order valence-electron chi connectivity index (χ2n) is 6.90. The molecule has 0 saturated carbocycles. The lowest BCUT2D eigenvalue weighted by Crippen LogP contribution is -2.25. The van der Waals surface area contributed by atoms with Gasteiger partial charge in [0.25, 0.3) is 5.91 Å². The molecule has 2 heterocycles. The number of hydrogen-bond donors (Lipinski definition) is 2. The fourth-order valence-electron chi connectivity index (χ4n) is 3.49. The Morgan fingerprint density at radius 1 is 1.11 bits per heavy atom. The molecule has 0 fully saturated rings. The smallest absolute Gasteiger partial charge is 0.259 e. The number of nitrogen functional groups attached to an aromatic ring is 1. The van der Waals surface area contributed by atoms with Gasteiger partial charge in [-0.3, -0.25) is 4.79 Å². The van der Waals surface area contributed by atoms with Crippen molar-refractivity contribution in [2.24, 2.45) is 0 Å². The Balaban J connectivity index is 1.78. The van der Waals surface area contributed by atoms with E-state index in [2.05, 4.69) is 11.1 Å². The molecule has 0 atom stereocenters. The molecular formula is C22H20ClN3O. The Hall–Kier alpha value is -2.98. The van der Waals surface area contributed by atoms with Gasteiger partial charge >= 0.3 is 0 Å². The van der Waals surface area contributed by atoms with Crippen LogP contribution in [-0.2, 0) is 11.3 Å². The highest BCUT2D eigenvalue weighted by Gasteiger charge is 2.32. The number of anilines is 2. The number of H-pyrrole nitrogens is 1. The van der Waals surface area contributed by atoms with Crippen LogP contribution in [0.15, 0.2) is 48.5 Å². The molecule has 1 amide bonds. The van der Waals surface area contributed by atoms with Crippen LogP contribution in [-0.4, -0.2) is 10.9 Å². The number of aryl methyl sites for hydroxylation is 2. The van der Waals surface area contributed by atoms with Crippen molar-refractivity contribution >= 4 is 40.5 Å². The molecule has 0 bridgehead atoms. The maximum Gasteiger partial charge on any atom is 0.259 e. The zero-order valence-corrected chi connectivity index (χ0v) is 16.0. The predicted molar refractivity (Wildman–Crippen MR) is 112 cm³/mol. The molecule has 27 heavy (non-hydrogen) atoms. The minimum absolute atomic E-state index is 0.0304. The summed E-state index contributed by atoms with van der Waals surface area (Å²) in [7, 11) is 0. The second kappa shape index (κ2) is 6.63. The summed E-state index contributed by atoms with van der Waals surface area (Å²) in [4.78, 5) is 18.3. The van der Waals surface area contributed by atoms with Gasteiger partial charge in [0.05, 0.1) is 17.8 Å². The number of carbonyl (C=O) groups is 1. The standard InChI is InChI=1S/C22H20ClN3O/c1-13-9-14(2)25-20(13)11-19-18-10-17(24)7-8-21(18)26(22(19)27)12-15-3-5-16(23)6-4-15/h3-11,25H,12,24H2,1-2H3/b19-11-. The van der Waals surface area contributed by atoms with E-state index in [0.29, 0.717) is 22.8 Å². The quantitative estimate of drug-likeness (QED) is 0.500. The number of fused-ring (bicyclic) bond motifs is 1. The van der Waals surface area contributed by atoms with Gasteiger partial charge in [-0.2, -0.15) is 0 Å². The Kier molecular flexibility index (Phi) is 4.28. The highest BCUT2D eigenvalue weighted by molar-refractivity contribution is 6.36. The van der Waals surface area contributed by atoms with E-state index in [1.165, 1.54) is 0 Å². The largest absolute Gasteiger partial charge is 0.399 e. The molecule has 1 aliphatic heterocycles. The summed E-state index contributed by atoms with van der Waals surface area (Å²) < 4.78 is 0. The number of hydrogen-bond acceptors (Lipinski definition) is 2. The first-order chi connectivity index (χ1) is 12.9. The van der Waals surface area contributed by atoms with Crippen molar-refractivity contribution in [1.29, 1.82) is 0 Å². The SMILES string of the molecule is Cc1cc(C)c(/C=C2\C(=O)N(Cc3ccc(Cl)cc3)c3ccc(N)cc32)[nH]1. The third-order valence-electron chi connectivity index (χ3n) is 4.81. The number of aromatic nitrogens is 1. The topological polar surface area (TPSA) is 62.1 Å². The van der Waals surface area contributed by atoms with E-state index in [0.717, 1.165) is 33.8 Å². The number of amides is 1. The first-order valence-electron chi connectivity index (χ1n) is 8.76. The monoisotopic (exact) mass is 377 g/mol. The molecule has 0 radical (unpaired) electrons. The summed E-state index contributed by atoms with van der Waals surface area (Å²) in [5.41, 5.74) is 13.2. The van der Waals surface area contributed by atoms with Gasteiger partial charge in [-0.1, -0.05) is 23.7 Å². The number of halogens is 1. The molecule has 5 heteroatoms. The van der Waals surface area contributed by atoms with Crippen molar-refractivity contribution in [2.75, 3.05) is 10.6 Å². The average Bonchev–Trinajstić information content (AvgIpc) is 3.07. The zero-order chi connectivity index (χ0) is 19.1. The second-order valence-corrected chi connectivity index (χ2v) is 7.34. The fraction of sp³-hybridized carbons (Fsp3) is 0.136. The van der Waals surface area contributed by atoms with Crippen LogP contribution in [0.5, 0.6) is 0 Å². The van der Waals surface area contributed by atoms with E-state index in [1.54, 1.807) is 4.90 Å². The van der Waals surface area contributed by atoms with Crippen LogP contribution < -0.4 is 10.6 Å². The van der Waals surface area contributed by atoms with Crippen LogP contribution in [0.4, 0.5) is 11.4 Å². The molecule has 4 rings (SSSR count). The van der Waals surface area contributed by atoms with Crippen LogP contribution in [0.3, 0.4) is 0 Å². The Labute approximate surface area is 163 Å². The minimum Gasteiger partial charge on any atom is -0.399 e. The summed E-state index contributed by atoms with van der Waals surface area (Å²) >= 11 is 5.98. The molecule has 0 aliphatic carbocycles. The lowest BCUT2D eigenvalue weighted by Gasteiger charge is -2.17. The number of nitrogens with zero attached hydrogens (tertiary/aromatic N) is 1. The molecule has 4 nitrogen and oxygen atoms in total. The van der Waals surface area contributed by atoms with E-state index in [-0.39, 0.29) is 5.91 Å². The van der Waals surface area contributed by atoms with Crippen LogP contribution >= 0.6 is 11.6 Å². The van der Waals surface area contributed by atoms with Crippen LogP contribution in [0, 0.1) is 13.8 Å². The van der Waals surface area contributed by atoms with Gasteiger partial charge < -0.3 is 15.6 Å². The summed E-state index contributed by atoms with van der Waals surface area (Å²) in [5, 5.41) is 0.679.